The minimum atomic E-state index is -0.390. The summed E-state index contributed by atoms with van der Waals surface area (Å²) in [6.45, 7) is 11.3. The molecule has 4 nitrogen and oxygen atoms in total. The standard InChI is InChI=1S/C17H30O4/c1-7-9-11-15(17(19)21-13(5)6)14(10-8-2)16(18)20-12(3)4/h12-13H,7-11H2,1-6H3/b15-14-. The largest absolute Gasteiger partial charge is 0.460 e. The van der Waals surface area contributed by atoms with Gasteiger partial charge >= 0.3 is 11.9 Å². The Morgan fingerprint density at radius 1 is 0.762 bits per heavy atom. The van der Waals surface area contributed by atoms with Crippen LogP contribution in [0.2, 0.25) is 0 Å². The Morgan fingerprint density at radius 3 is 1.52 bits per heavy atom. The van der Waals surface area contributed by atoms with Crippen molar-refractivity contribution in [1.82, 2.24) is 0 Å². The molecule has 0 bridgehead atoms. The molecule has 0 aliphatic carbocycles. The zero-order chi connectivity index (χ0) is 16.4. The molecule has 0 saturated heterocycles. The second-order valence-electron chi connectivity index (χ2n) is 5.72. The third kappa shape index (κ3) is 7.88. The highest BCUT2D eigenvalue weighted by atomic mass is 16.5. The minimum Gasteiger partial charge on any atom is -0.460 e. The highest BCUT2D eigenvalue weighted by Crippen LogP contribution is 2.21. The van der Waals surface area contributed by atoms with Gasteiger partial charge in [-0.3, -0.25) is 0 Å². The van der Waals surface area contributed by atoms with Gasteiger partial charge in [-0.05, 0) is 47.0 Å². The second kappa shape index (κ2) is 10.4. The number of hydrogen-bond acceptors (Lipinski definition) is 4. The van der Waals surface area contributed by atoms with Crippen molar-refractivity contribution in [3.05, 3.63) is 11.1 Å². The van der Waals surface area contributed by atoms with Crippen LogP contribution in [0.4, 0.5) is 0 Å². The molecular weight excluding hydrogens is 268 g/mol. The molecule has 0 unspecified atom stereocenters. The lowest BCUT2D eigenvalue weighted by molar-refractivity contribution is -0.146. The Balaban J connectivity index is 5.45. The van der Waals surface area contributed by atoms with Crippen molar-refractivity contribution in [2.45, 2.75) is 85.9 Å². The van der Waals surface area contributed by atoms with Crippen molar-refractivity contribution >= 4 is 11.9 Å². The first-order valence-electron chi connectivity index (χ1n) is 7.97. The van der Waals surface area contributed by atoms with Gasteiger partial charge in [-0.1, -0.05) is 26.7 Å². The molecule has 4 heteroatoms. The van der Waals surface area contributed by atoms with E-state index in [4.69, 9.17) is 9.47 Å². The first kappa shape index (κ1) is 19.7. The van der Waals surface area contributed by atoms with E-state index in [9.17, 15) is 9.59 Å². The number of esters is 2. The number of ether oxygens (including phenoxy) is 2. The van der Waals surface area contributed by atoms with Gasteiger partial charge in [0.05, 0.1) is 12.2 Å². The molecule has 0 N–H and O–H groups in total. The Kier molecular flexibility index (Phi) is 9.76. The third-order valence-corrected chi connectivity index (χ3v) is 2.82. The summed E-state index contributed by atoms with van der Waals surface area (Å²) >= 11 is 0. The number of carbonyl (C=O) groups excluding carboxylic acids is 2. The van der Waals surface area contributed by atoms with Crippen molar-refractivity contribution in [3.8, 4) is 0 Å². The van der Waals surface area contributed by atoms with Crippen molar-refractivity contribution in [2.24, 2.45) is 0 Å². The van der Waals surface area contributed by atoms with Crippen molar-refractivity contribution in [3.63, 3.8) is 0 Å². The average molecular weight is 298 g/mol. The number of unbranched alkanes of at least 4 members (excludes halogenated alkanes) is 1. The normalized spacial score (nSPS) is 12.4. The van der Waals surface area contributed by atoms with Crippen LogP contribution < -0.4 is 0 Å². The van der Waals surface area contributed by atoms with Crippen LogP contribution in [0.5, 0.6) is 0 Å². The topological polar surface area (TPSA) is 52.6 Å². The van der Waals surface area contributed by atoms with Gasteiger partial charge in [0, 0.05) is 11.1 Å². The zero-order valence-electron chi connectivity index (χ0n) is 14.3. The van der Waals surface area contributed by atoms with E-state index < -0.39 is 5.97 Å². The molecule has 0 amide bonds. The van der Waals surface area contributed by atoms with E-state index in [0.717, 1.165) is 19.3 Å². The number of carbonyl (C=O) groups is 2. The fourth-order valence-electron chi connectivity index (χ4n) is 1.93. The van der Waals surface area contributed by atoms with Crippen LogP contribution in [0, 0.1) is 0 Å². The zero-order valence-corrected chi connectivity index (χ0v) is 14.3. The summed E-state index contributed by atoms with van der Waals surface area (Å²) in [7, 11) is 0. The first-order chi connectivity index (χ1) is 9.83. The van der Waals surface area contributed by atoms with Gasteiger partial charge in [0.25, 0.3) is 0 Å². The molecule has 21 heavy (non-hydrogen) atoms. The van der Waals surface area contributed by atoms with Crippen LogP contribution in [-0.4, -0.2) is 24.1 Å². The molecule has 0 aliphatic heterocycles. The van der Waals surface area contributed by atoms with Gasteiger partial charge < -0.3 is 9.47 Å². The molecule has 0 spiro atoms. The molecule has 0 atom stereocenters. The smallest absolute Gasteiger partial charge is 0.334 e. The lowest BCUT2D eigenvalue weighted by atomic mass is 9.98. The summed E-state index contributed by atoms with van der Waals surface area (Å²) in [5.41, 5.74) is 0.961. The van der Waals surface area contributed by atoms with Crippen LogP contribution in [0.25, 0.3) is 0 Å². The van der Waals surface area contributed by atoms with Crippen molar-refractivity contribution in [1.29, 1.82) is 0 Å². The quantitative estimate of drug-likeness (QED) is 0.473. The van der Waals surface area contributed by atoms with Crippen LogP contribution in [0.1, 0.15) is 73.6 Å². The van der Waals surface area contributed by atoms with Crippen LogP contribution in [-0.2, 0) is 19.1 Å². The lowest BCUT2D eigenvalue weighted by Crippen LogP contribution is -2.21. The Labute approximate surface area is 128 Å². The van der Waals surface area contributed by atoms with E-state index in [2.05, 4.69) is 6.92 Å². The fourth-order valence-corrected chi connectivity index (χ4v) is 1.93. The monoisotopic (exact) mass is 298 g/mol. The van der Waals surface area contributed by atoms with Crippen molar-refractivity contribution < 1.29 is 19.1 Å². The third-order valence-electron chi connectivity index (χ3n) is 2.82. The van der Waals surface area contributed by atoms with E-state index in [0.29, 0.717) is 24.0 Å². The number of hydrogen-bond donors (Lipinski definition) is 0. The van der Waals surface area contributed by atoms with E-state index in [1.807, 2.05) is 6.92 Å². The second-order valence-corrected chi connectivity index (χ2v) is 5.72. The van der Waals surface area contributed by atoms with Crippen LogP contribution in [0.15, 0.2) is 11.1 Å². The molecule has 0 aromatic rings. The fraction of sp³-hybridized carbons (Fsp3) is 0.765. The van der Waals surface area contributed by atoms with E-state index in [1.165, 1.54) is 0 Å². The maximum atomic E-state index is 12.3. The van der Waals surface area contributed by atoms with Crippen LogP contribution >= 0.6 is 0 Å². The predicted molar refractivity (Wildman–Crippen MR) is 83.9 cm³/mol. The van der Waals surface area contributed by atoms with Gasteiger partial charge in [-0.2, -0.15) is 0 Å². The van der Waals surface area contributed by atoms with E-state index in [-0.39, 0.29) is 18.2 Å². The summed E-state index contributed by atoms with van der Waals surface area (Å²) in [5, 5.41) is 0. The summed E-state index contributed by atoms with van der Waals surface area (Å²) in [5.74, 6) is -0.777. The molecule has 0 aromatic heterocycles. The summed E-state index contributed by atoms with van der Waals surface area (Å²) in [6.07, 6.45) is 3.30. The summed E-state index contributed by atoms with van der Waals surface area (Å²) in [4.78, 5) is 24.5. The molecule has 0 saturated carbocycles. The Bertz CT molecular complexity index is 367. The molecule has 0 radical (unpaired) electrons. The average Bonchev–Trinajstić information content (AvgIpc) is 2.36. The van der Waals surface area contributed by atoms with Gasteiger partial charge in [-0.25, -0.2) is 9.59 Å². The molecule has 0 aliphatic rings. The molecular formula is C17H30O4. The van der Waals surface area contributed by atoms with Gasteiger partial charge in [0.15, 0.2) is 0 Å². The number of rotatable bonds is 9. The molecule has 0 rings (SSSR count). The van der Waals surface area contributed by atoms with E-state index >= 15 is 0 Å². The Morgan fingerprint density at radius 2 is 1.19 bits per heavy atom. The summed E-state index contributed by atoms with van der Waals surface area (Å²) < 4.78 is 10.6. The highest BCUT2D eigenvalue weighted by Gasteiger charge is 2.23. The molecule has 122 valence electrons. The molecule has 0 fully saturated rings. The van der Waals surface area contributed by atoms with Crippen LogP contribution in [0.3, 0.4) is 0 Å². The predicted octanol–water partition coefficient (Wildman–Crippen LogP) is 4.18. The minimum absolute atomic E-state index is 0.196. The van der Waals surface area contributed by atoms with Crippen molar-refractivity contribution in [2.75, 3.05) is 0 Å². The van der Waals surface area contributed by atoms with Gasteiger partial charge in [-0.15, -0.1) is 0 Å². The maximum absolute atomic E-state index is 12.3. The summed E-state index contributed by atoms with van der Waals surface area (Å²) in [6, 6.07) is 0. The highest BCUT2D eigenvalue weighted by molar-refractivity contribution is 6.00. The molecule has 0 heterocycles. The van der Waals surface area contributed by atoms with Gasteiger partial charge in [0.2, 0.25) is 0 Å². The Hall–Kier alpha value is -1.32. The molecule has 0 aromatic carbocycles. The first-order valence-corrected chi connectivity index (χ1v) is 7.97. The SMILES string of the molecule is CCCC/C(C(=O)OC(C)C)=C(\CCC)C(=O)OC(C)C. The lowest BCUT2D eigenvalue weighted by Gasteiger charge is -2.16. The maximum Gasteiger partial charge on any atom is 0.334 e. The van der Waals surface area contributed by atoms with E-state index in [1.54, 1.807) is 27.7 Å². The van der Waals surface area contributed by atoms with Gasteiger partial charge in [0.1, 0.15) is 0 Å².